The normalized spacial score (nSPS) is 14.4. The van der Waals surface area contributed by atoms with Gasteiger partial charge in [-0.3, -0.25) is 4.98 Å². The molecule has 1 aromatic rings. The second-order valence-electron chi connectivity index (χ2n) is 4.12. The van der Waals surface area contributed by atoms with Gasteiger partial charge in [0.05, 0.1) is 0 Å². The zero-order valence-corrected chi connectivity index (χ0v) is 13.2. The van der Waals surface area contributed by atoms with Crippen LogP contribution in [0.25, 0.3) is 0 Å². The van der Waals surface area contributed by atoms with Crippen molar-refractivity contribution >= 4 is 49.4 Å². The van der Waals surface area contributed by atoms with Gasteiger partial charge in [0.1, 0.15) is 28.0 Å². The molecule has 1 rings (SSSR count). The molecule has 0 saturated heterocycles. The third-order valence-corrected chi connectivity index (χ3v) is 4.04. The van der Waals surface area contributed by atoms with Crippen LogP contribution < -0.4 is 0 Å². The van der Waals surface area contributed by atoms with Crippen molar-refractivity contribution in [2.75, 3.05) is 0 Å². The van der Waals surface area contributed by atoms with Crippen LogP contribution in [-0.4, -0.2) is 20.5 Å². The van der Waals surface area contributed by atoms with E-state index in [4.69, 9.17) is 0 Å². The SMILES string of the molecule is CC(C)(C)[S@+]([O-])N=Cc1ncc(Br)cc1Br. The lowest BCUT2D eigenvalue weighted by atomic mass is 10.3. The molecule has 0 aliphatic heterocycles. The highest BCUT2D eigenvalue weighted by Gasteiger charge is 2.25. The first-order valence-electron chi connectivity index (χ1n) is 4.58. The maximum absolute atomic E-state index is 11.7. The summed E-state index contributed by atoms with van der Waals surface area (Å²) in [6.07, 6.45) is 3.20. The number of pyridine rings is 1. The maximum atomic E-state index is 11.7. The largest absolute Gasteiger partial charge is 0.591 e. The van der Waals surface area contributed by atoms with Crippen molar-refractivity contribution in [3.8, 4) is 0 Å². The first-order valence-corrected chi connectivity index (χ1v) is 7.27. The zero-order chi connectivity index (χ0) is 12.3. The highest BCUT2D eigenvalue weighted by atomic mass is 79.9. The van der Waals surface area contributed by atoms with E-state index in [1.54, 1.807) is 6.20 Å². The molecule has 1 heterocycles. The molecule has 0 radical (unpaired) electrons. The molecule has 0 N–H and O–H groups in total. The second kappa shape index (κ2) is 5.62. The molecule has 6 heteroatoms. The summed E-state index contributed by atoms with van der Waals surface area (Å²) in [6, 6.07) is 1.87. The van der Waals surface area contributed by atoms with E-state index in [0.717, 1.165) is 8.95 Å². The van der Waals surface area contributed by atoms with Gasteiger partial charge in [-0.1, -0.05) is 4.40 Å². The van der Waals surface area contributed by atoms with E-state index in [1.165, 1.54) is 6.21 Å². The predicted molar refractivity (Wildman–Crippen MR) is 75.1 cm³/mol. The Bertz CT molecular complexity index is 404. The minimum absolute atomic E-state index is 0.349. The standard InChI is InChI=1S/C10H12Br2N2OS/c1-10(2,3)16(15)14-6-9-8(12)4-7(11)5-13-9/h4-6H,1-3H3/t16-/m0/s1. The van der Waals surface area contributed by atoms with Crippen LogP contribution in [0.2, 0.25) is 0 Å². The van der Waals surface area contributed by atoms with Gasteiger partial charge < -0.3 is 4.55 Å². The van der Waals surface area contributed by atoms with E-state index in [-0.39, 0.29) is 4.75 Å². The molecule has 1 aromatic heterocycles. The van der Waals surface area contributed by atoms with Gasteiger partial charge in [-0.05, 0) is 58.7 Å². The lowest BCUT2D eigenvalue weighted by Crippen LogP contribution is -2.25. The highest BCUT2D eigenvalue weighted by Crippen LogP contribution is 2.20. The van der Waals surface area contributed by atoms with E-state index >= 15 is 0 Å². The van der Waals surface area contributed by atoms with E-state index in [0.29, 0.717) is 5.69 Å². The summed E-state index contributed by atoms with van der Waals surface area (Å²) >= 11 is 5.42. The number of aromatic nitrogens is 1. The molecule has 0 spiro atoms. The minimum Gasteiger partial charge on any atom is -0.591 e. The van der Waals surface area contributed by atoms with Gasteiger partial charge in [0, 0.05) is 15.1 Å². The summed E-state index contributed by atoms with van der Waals surface area (Å²) in [5.74, 6) is 0. The first kappa shape index (κ1) is 14.2. The smallest absolute Gasteiger partial charge is 0.144 e. The van der Waals surface area contributed by atoms with Crippen LogP contribution in [0.15, 0.2) is 25.6 Å². The zero-order valence-electron chi connectivity index (χ0n) is 9.20. The third-order valence-electron chi connectivity index (χ3n) is 1.63. The Balaban J connectivity index is 2.85. The Labute approximate surface area is 115 Å². The topological polar surface area (TPSA) is 48.3 Å². The van der Waals surface area contributed by atoms with Crippen molar-refractivity contribution < 1.29 is 4.55 Å². The number of hydrogen-bond donors (Lipinski definition) is 0. The molecule has 1 atom stereocenters. The van der Waals surface area contributed by atoms with Crippen LogP contribution in [0.3, 0.4) is 0 Å². The van der Waals surface area contributed by atoms with Gasteiger partial charge in [-0.2, -0.15) is 0 Å². The number of halogens is 2. The second-order valence-corrected chi connectivity index (χ2v) is 7.82. The summed E-state index contributed by atoms with van der Waals surface area (Å²) in [4.78, 5) is 4.15. The van der Waals surface area contributed by atoms with Gasteiger partial charge in [0.25, 0.3) is 0 Å². The third kappa shape index (κ3) is 4.16. The Morgan fingerprint density at radius 2 is 2.06 bits per heavy atom. The molecule has 0 aliphatic rings. The van der Waals surface area contributed by atoms with E-state index < -0.39 is 11.4 Å². The van der Waals surface area contributed by atoms with Gasteiger partial charge in [0.2, 0.25) is 0 Å². The van der Waals surface area contributed by atoms with E-state index in [1.807, 2.05) is 26.8 Å². The molecule has 3 nitrogen and oxygen atoms in total. The lowest BCUT2D eigenvalue weighted by Gasteiger charge is -2.17. The van der Waals surface area contributed by atoms with Crippen LogP contribution in [0, 0.1) is 0 Å². The van der Waals surface area contributed by atoms with Crippen molar-refractivity contribution in [1.29, 1.82) is 0 Å². The Morgan fingerprint density at radius 3 is 2.56 bits per heavy atom. The molecule has 88 valence electrons. The Morgan fingerprint density at radius 1 is 1.44 bits per heavy atom. The van der Waals surface area contributed by atoms with Crippen molar-refractivity contribution in [3.63, 3.8) is 0 Å². The molecule has 0 aliphatic carbocycles. The van der Waals surface area contributed by atoms with Crippen LogP contribution in [0.5, 0.6) is 0 Å². The molecule has 0 saturated carbocycles. The highest BCUT2D eigenvalue weighted by molar-refractivity contribution is 9.11. The van der Waals surface area contributed by atoms with Crippen molar-refractivity contribution in [3.05, 3.63) is 26.9 Å². The molecule has 0 aromatic carbocycles. The molecular weight excluding hydrogens is 356 g/mol. The van der Waals surface area contributed by atoms with E-state index in [2.05, 4.69) is 41.2 Å². The van der Waals surface area contributed by atoms with E-state index in [9.17, 15) is 4.55 Å². The summed E-state index contributed by atoms with van der Waals surface area (Å²) in [5.41, 5.74) is 0.667. The summed E-state index contributed by atoms with van der Waals surface area (Å²) in [6.45, 7) is 5.64. The lowest BCUT2D eigenvalue weighted by molar-refractivity contribution is 0.562. The Hall–Kier alpha value is 0.0900. The van der Waals surface area contributed by atoms with Crippen LogP contribution in [0.4, 0.5) is 0 Å². The summed E-state index contributed by atoms with van der Waals surface area (Å²) < 4.78 is 17.0. The van der Waals surface area contributed by atoms with Crippen LogP contribution in [-0.2, 0) is 11.4 Å². The van der Waals surface area contributed by atoms with Crippen LogP contribution in [0.1, 0.15) is 26.5 Å². The number of nitrogens with zero attached hydrogens (tertiary/aromatic N) is 2. The Kier molecular flexibility index (Phi) is 4.97. The fourth-order valence-electron chi connectivity index (χ4n) is 0.776. The summed E-state index contributed by atoms with van der Waals surface area (Å²) in [7, 11) is 0. The molecule has 0 bridgehead atoms. The van der Waals surface area contributed by atoms with Crippen LogP contribution >= 0.6 is 31.9 Å². The molecule has 0 amide bonds. The number of rotatable bonds is 2. The van der Waals surface area contributed by atoms with Gasteiger partial charge in [0.15, 0.2) is 0 Å². The van der Waals surface area contributed by atoms with Gasteiger partial charge in [-0.25, -0.2) is 0 Å². The van der Waals surface area contributed by atoms with Gasteiger partial charge in [-0.15, -0.1) is 0 Å². The van der Waals surface area contributed by atoms with Crippen molar-refractivity contribution in [1.82, 2.24) is 4.98 Å². The molecule has 0 fully saturated rings. The maximum Gasteiger partial charge on any atom is 0.144 e. The first-order chi connectivity index (χ1) is 7.30. The fourth-order valence-corrected chi connectivity index (χ4v) is 2.38. The van der Waals surface area contributed by atoms with Crippen molar-refractivity contribution in [2.45, 2.75) is 25.5 Å². The monoisotopic (exact) mass is 366 g/mol. The number of hydrogen-bond acceptors (Lipinski definition) is 3. The van der Waals surface area contributed by atoms with Gasteiger partial charge >= 0.3 is 0 Å². The summed E-state index contributed by atoms with van der Waals surface area (Å²) in [5, 5.41) is 0. The average molecular weight is 368 g/mol. The average Bonchev–Trinajstić information content (AvgIpc) is 2.14. The molecule has 0 unspecified atom stereocenters. The molecular formula is C10H12Br2N2OS. The predicted octanol–water partition coefficient (Wildman–Crippen LogP) is 3.49. The quantitative estimate of drug-likeness (QED) is 0.593. The van der Waals surface area contributed by atoms with Crippen molar-refractivity contribution in [2.24, 2.45) is 4.40 Å². The fraction of sp³-hybridized carbons (Fsp3) is 0.400. The molecule has 16 heavy (non-hydrogen) atoms. The minimum atomic E-state index is -1.25.